The summed E-state index contributed by atoms with van der Waals surface area (Å²) >= 11 is 0. The molecule has 4 aromatic rings. The zero-order valence-corrected chi connectivity index (χ0v) is 11.9. The third kappa shape index (κ3) is 1.81. The molecule has 3 aromatic heterocycles. The minimum absolute atomic E-state index is 0.585. The summed E-state index contributed by atoms with van der Waals surface area (Å²) in [6.45, 7) is 0. The van der Waals surface area contributed by atoms with Crippen molar-refractivity contribution in [2.45, 2.75) is 0 Å². The molecule has 0 aliphatic rings. The highest BCUT2D eigenvalue weighted by Crippen LogP contribution is 2.33. The van der Waals surface area contributed by atoms with Crippen LogP contribution in [0.15, 0.2) is 59.1 Å². The molecule has 0 fully saturated rings. The molecule has 0 unspecified atom stereocenters. The standard InChI is InChI=1S/C18H13NO3/c1-21-14-6-5-12-8-18(22-17(12)10-14)15-9-13-4-2-3-7-19(13)16(15)11-20/h2-11H,1H3. The van der Waals surface area contributed by atoms with Gasteiger partial charge in [-0.05, 0) is 36.4 Å². The van der Waals surface area contributed by atoms with Gasteiger partial charge >= 0.3 is 0 Å². The highest BCUT2D eigenvalue weighted by atomic mass is 16.5. The fraction of sp³-hybridized carbons (Fsp3) is 0.0556. The van der Waals surface area contributed by atoms with E-state index in [1.807, 2.05) is 59.1 Å². The second kappa shape index (κ2) is 4.77. The number of aromatic nitrogens is 1. The second-order valence-corrected chi connectivity index (χ2v) is 5.07. The van der Waals surface area contributed by atoms with Gasteiger partial charge in [-0.3, -0.25) is 4.79 Å². The summed E-state index contributed by atoms with van der Waals surface area (Å²) < 4.78 is 13.0. The molecule has 22 heavy (non-hydrogen) atoms. The van der Waals surface area contributed by atoms with Crippen LogP contribution in [0.3, 0.4) is 0 Å². The van der Waals surface area contributed by atoms with Crippen LogP contribution in [0, 0.1) is 0 Å². The van der Waals surface area contributed by atoms with E-state index in [0.29, 0.717) is 11.5 Å². The number of ether oxygens (including phenoxy) is 1. The first kappa shape index (κ1) is 12.7. The number of benzene rings is 1. The lowest BCUT2D eigenvalue weighted by atomic mass is 10.1. The fourth-order valence-electron chi connectivity index (χ4n) is 2.73. The lowest BCUT2D eigenvalue weighted by Crippen LogP contribution is -1.90. The first-order valence-corrected chi connectivity index (χ1v) is 6.93. The van der Waals surface area contributed by atoms with Gasteiger partial charge in [0.1, 0.15) is 17.1 Å². The van der Waals surface area contributed by atoms with Gasteiger partial charge in [-0.15, -0.1) is 0 Å². The Kier molecular flexibility index (Phi) is 2.76. The highest BCUT2D eigenvalue weighted by molar-refractivity contribution is 5.92. The van der Waals surface area contributed by atoms with Gasteiger partial charge in [-0.2, -0.15) is 0 Å². The smallest absolute Gasteiger partial charge is 0.167 e. The summed E-state index contributed by atoms with van der Waals surface area (Å²) in [6.07, 6.45) is 2.73. The Balaban J connectivity index is 1.96. The van der Waals surface area contributed by atoms with Crippen LogP contribution in [0.1, 0.15) is 10.5 Å². The number of furan rings is 1. The van der Waals surface area contributed by atoms with Crippen LogP contribution < -0.4 is 4.74 Å². The van der Waals surface area contributed by atoms with Crippen molar-refractivity contribution >= 4 is 22.8 Å². The van der Waals surface area contributed by atoms with Gasteiger partial charge in [-0.25, -0.2) is 0 Å². The van der Waals surface area contributed by atoms with Crippen LogP contribution in [0.4, 0.5) is 0 Å². The van der Waals surface area contributed by atoms with E-state index in [1.165, 1.54) is 0 Å². The Morgan fingerprint density at radius 1 is 1.14 bits per heavy atom. The molecule has 0 aliphatic carbocycles. The minimum atomic E-state index is 0.585. The molecule has 0 radical (unpaired) electrons. The molecule has 0 aliphatic heterocycles. The van der Waals surface area contributed by atoms with Crippen LogP contribution in [-0.2, 0) is 0 Å². The number of fused-ring (bicyclic) bond motifs is 2. The van der Waals surface area contributed by atoms with E-state index in [2.05, 4.69) is 0 Å². The Morgan fingerprint density at radius 2 is 2.05 bits per heavy atom. The first-order valence-electron chi connectivity index (χ1n) is 6.93. The second-order valence-electron chi connectivity index (χ2n) is 5.07. The summed E-state index contributed by atoms with van der Waals surface area (Å²) in [7, 11) is 1.62. The maximum atomic E-state index is 11.5. The van der Waals surface area contributed by atoms with Gasteiger partial charge < -0.3 is 13.6 Å². The van der Waals surface area contributed by atoms with Crippen molar-refractivity contribution in [1.82, 2.24) is 4.40 Å². The Bertz CT molecular complexity index is 994. The topological polar surface area (TPSA) is 43.9 Å². The van der Waals surface area contributed by atoms with E-state index < -0.39 is 0 Å². The maximum Gasteiger partial charge on any atom is 0.167 e. The number of aldehydes is 1. The van der Waals surface area contributed by atoms with E-state index in [0.717, 1.165) is 34.1 Å². The number of hydrogen-bond acceptors (Lipinski definition) is 3. The molecule has 108 valence electrons. The van der Waals surface area contributed by atoms with Crippen LogP contribution in [0.5, 0.6) is 5.75 Å². The summed E-state index contributed by atoms with van der Waals surface area (Å²) in [5.74, 6) is 1.42. The maximum absolute atomic E-state index is 11.5. The zero-order valence-electron chi connectivity index (χ0n) is 11.9. The van der Waals surface area contributed by atoms with Gasteiger partial charge in [0, 0.05) is 28.7 Å². The molecular formula is C18H13NO3. The quantitative estimate of drug-likeness (QED) is 0.532. The van der Waals surface area contributed by atoms with E-state index >= 15 is 0 Å². The van der Waals surface area contributed by atoms with E-state index in [-0.39, 0.29) is 0 Å². The predicted molar refractivity (Wildman–Crippen MR) is 84.5 cm³/mol. The van der Waals surface area contributed by atoms with Gasteiger partial charge in [0.05, 0.1) is 12.8 Å². The summed E-state index contributed by atoms with van der Waals surface area (Å²) in [4.78, 5) is 11.5. The minimum Gasteiger partial charge on any atom is -0.497 e. The molecule has 4 heteroatoms. The first-order chi connectivity index (χ1) is 10.8. The van der Waals surface area contributed by atoms with Crippen LogP contribution >= 0.6 is 0 Å². The van der Waals surface area contributed by atoms with Crippen molar-refractivity contribution in [3.63, 3.8) is 0 Å². The number of rotatable bonds is 3. The average molecular weight is 291 g/mol. The molecule has 0 saturated carbocycles. The molecule has 4 rings (SSSR count). The summed E-state index contributed by atoms with van der Waals surface area (Å²) in [5, 5.41) is 0.975. The fourth-order valence-corrected chi connectivity index (χ4v) is 2.73. The van der Waals surface area contributed by atoms with E-state index in [4.69, 9.17) is 9.15 Å². The number of methoxy groups -OCH3 is 1. The number of nitrogens with zero attached hydrogens (tertiary/aromatic N) is 1. The van der Waals surface area contributed by atoms with Crippen LogP contribution in [-0.4, -0.2) is 17.8 Å². The monoisotopic (exact) mass is 291 g/mol. The number of hydrogen-bond donors (Lipinski definition) is 0. The summed E-state index contributed by atoms with van der Waals surface area (Å²) in [5.41, 5.74) is 3.07. The summed E-state index contributed by atoms with van der Waals surface area (Å²) in [6, 6.07) is 15.4. The van der Waals surface area contributed by atoms with Gasteiger partial charge in [0.2, 0.25) is 0 Å². The number of pyridine rings is 1. The van der Waals surface area contributed by atoms with Crippen LogP contribution in [0.2, 0.25) is 0 Å². The van der Waals surface area contributed by atoms with Crippen molar-refractivity contribution in [3.8, 4) is 17.1 Å². The van der Waals surface area contributed by atoms with E-state index in [1.54, 1.807) is 7.11 Å². The lowest BCUT2D eigenvalue weighted by Gasteiger charge is -1.97. The van der Waals surface area contributed by atoms with Crippen LogP contribution in [0.25, 0.3) is 27.8 Å². The third-order valence-corrected chi connectivity index (χ3v) is 3.82. The van der Waals surface area contributed by atoms with Crippen molar-refractivity contribution in [3.05, 3.63) is 60.4 Å². The molecule has 0 atom stereocenters. The molecular weight excluding hydrogens is 278 g/mol. The molecule has 4 nitrogen and oxygen atoms in total. The Labute approximate surface area is 126 Å². The van der Waals surface area contributed by atoms with Crippen molar-refractivity contribution in [1.29, 1.82) is 0 Å². The van der Waals surface area contributed by atoms with Crippen molar-refractivity contribution in [2.24, 2.45) is 0 Å². The molecule has 0 spiro atoms. The van der Waals surface area contributed by atoms with E-state index in [9.17, 15) is 4.79 Å². The Morgan fingerprint density at radius 3 is 2.86 bits per heavy atom. The largest absolute Gasteiger partial charge is 0.497 e. The zero-order chi connectivity index (χ0) is 15.1. The van der Waals surface area contributed by atoms with Gasteiger partial charge in [0.15, 0.2) is 6.29 Å². The SMILES string of the molecule is COc1ccc2cc(-c3cc4ccccn4c3C=O)oc2c1. The number of carbonyl (C=O) groups is 1. The normalized spacial score (nSPS) is 11.1. The Hall–Kier alpha value is -3.01. The van der Waals surface area contributed by atoms with Gasteiger partial charge in [0.25, 0.3) is 0 Å². The average Bonchev–Trinajstić information content (AvgIpc) is 3.14. The third-order valence-electron chi connectivity index (χ3n) is 3.82. The molecule has 0 bridgehead atoms. The molecule has 1 aromatic carbocycles. The lowest BCUT2D eigenvalue weighted by molar-refractivity contribution is 0.111. The van der Waals surface area contributed by atoms with Crippen molar-refractivity contribution in [2.75, 3.05) is 7.11 Å². The molecule has 3 heterocycles. The molecule has 0 saturated heterocycles. The van der Waals surface area contributed by atoms with Gasteiger partial charge in [-0.1, -0.05) is 6.07 Å². The number of carbonyl (C=O) groups excluding carboxylic acids is 1. The molecule has 0 amide bonds. The van der Waals surface area contributed by atoms with Crippen molar-refractivity contribution < 1.29 is 13.9 Å². The predicted octanol–water partition coefficient (Wildman–Crippen LogP) is 4.17. The molecule has 0 N–H and O–H groups in total. The highest BCUT2D eigenvalue weighted by Gasteiger charge is 2.15.